The number of aliphatic imine (C=N–C) groups is 1. The molecule has 3 aromatic rings. The van der Waals surface area contributed by atoms with Crippen LogP contribution in [0.4, 0.5) is 10.3 Å². The van der Waals surface area contributed by atoms with Crippen LogP contribution in [0.1, 0.15) is 59.9 Å². The SMILES string of the molecule is CC(C)(C)O/N=C(\C(=O)N[C@@H]1C(=O)N2C(C(=O)[O-])=C(C[n+]3ccccc3)CS[C@H]12)c1csc(NCC2=C(C(=O)O)N3C(=O)[C@@H](NC(=O)C(=NCC(C)(C)C(=O)O)c4csc(NOC(C)(C)C(=O)O)n4)[C@H]3SC2)n1. The summed E-state index contributed by atoms with van der Waals surface area (Å²) in [5, 5.41) is 55.7. The minimum atomic E-state index is -1.66. The third kappa shape index (κ3) is 11.8. The summed E-state index contributed by atoms with van der Waals surface area (Å²) < 4.78 is 1.77. The molecule has 4 atom stereocenters. The number of amides is 4. The molecule has 4 amide bonds. The Morgan fingerprint density at radius 1 is 0.781 bits per heavy atom. The van der Waals surface area contributed by atoms with Gasteiger partial charge >= 0.3 is 17.9 Å². The van der Waals surface area contributed by atoms with Crippen LogP contribution in [0.25, 0.3) is 0 Å². The first-order chi connectivity index (χ1) is 34.3. The van der Waals surface area contributed by atoms with E-state index < -0.39 is 87.0 Å². The van der Waals surface area contributed by atoms with Crippen LogP contribution in [0.15, 0.2) is 74.0 Å². The van der Waals surface area contributed by atoms with E-state index >= 15 is 0 Å². The first kappa shape index (κ1) is 53.8. The molecule has 0 radical (unpaired) electrons. The highest BCUT2D eigenvalue weighted by Gasteiger charge is 2.55. The van der Waals surface area contributed by atoms with Gasteiger partial charge in [0.05, 0.1) is 23.6 Å². The normalized spacial score (nSPS) is 20.3. The van der Waals surface area contributed by atoms with E-state index in [-0.39, 0.29) is 81.2 Å². The standard InChI is InChI=1S/C44H49N11O14S4/c1-42(2,3)68-51-25(31(57)50-27-33(59)55-29(37(62)63)21(16-71-35(27)55)14-53-11-9-8-10-12-53)23-18-72-40(47-23)45-13-20-15-70-34-26(32(58)54(34)28(20)36(60)61)49-30(56)24(46-19-43(4,5)38(64)65)22-17-73-41(48-22)52-69-44(6,7)39(66)67/h8-12,17-18,26-27,34-35H,13-16,19H2,1-7H3,(H7-,45,47,48,49,50,52,56,57,60,61,62,63,64,65,66,67)/b46-24?,51-25-/t26-,27-,34-,35-/m1/s1. The van der Waals surface area contributed by atoms with Crippen molar-refractivity contribution in [3.05, 3.63) is 75.3 Å². The van der Waals surface area contributed by atoms with E-state index in [1.54, 1.807) is 49.9 Å². The maximum Gasteiger partial charge on any atom is 0.352 e. The van der Waals surface area contributed by atoms with Gasteiger partial charge in [0.1, 0.15) is 51.2 Å². The number of thioether (sulfide) groups is 2. The molecule has 2 saturated heterocycles. The van der Waals surface area contributed by atoms with Crippen molar-refractivity contribution in [1.82, 2.24) is 30.4 Å². The zero-order valence-electron chi connectivity index (χ0n) is 40.0. The average Bonchev–Trinajstić information content (AvgIpc) is 4.00. The fraction of sp³-hybridized carbons (Fsp3) is 0.432. The second kappa shape index (κ2) is 21.3. The van der Waals surface area contributed by atoms with Gasteiger partial charge in [0.15, 0.2) is 35.4 Å². The Balaban J connectivity index is 1.03. The number of rotatable bonds is 21. The number of oxime groups is 1. The van der Waals surface area contributed by atoms with Crippen LogP contribution in [0.3, 0.4) is 0 Å². The van der Waals surface area contributed by atoms with E-state index in [0.29, 0.717) is 5.57 Å². The van der Waals surface area contributed by atoms with Crippen molar-refractivity contribution in [3.8, 4) is 0 Å². The van der Waals surface area contributed by atoms with Crippen LogP contribution < -0.4 is 31.1 Å². The van der Waals surface area contributed by atoms with Crippen LogP contribution >= 0.6 is 46.2 Å². The van der Waals surface area contributed by atoms with Crippen molar-refractivity contribution in [2.24, 2.45) is 15.6 Å². The lowest BCUT2D eigenvalue weighted by Crippen LogP contribution is -2.71. The first-order valence-corrected chi connectivity index (χ1v) is 25.8. The van der Waals surface area contributed by atoms with Gasteiger partial charge in [-0.25, -0.2) is 29.6 Å². The van der Waals surface area contributed by atoms with Crippen molar-refractivity contribution >= 4 is 115 Å². The number of aliphatic carboxylic acids is 4. The quantitative estimate of drug-likeness (QED) is 0.0330. The van der Waals surface area contributed by atoms with Crippen LogP contribution in [-0.4, -0.2) is 153 Å². The van der Waals surface area contributed by atoms with E-state index in [1.165, 1.54) is 62.0 Å². The molecule has 4 aliphatic heterocycles. The molecule has 29 heteroatoms. The Labute approximate surface area is 432 Å². The predicted octanol–water partition coefficient (Wildman–Crippen LogP) is 0.468. The Bertz CT molecular complexity index is 2890. The van der Waals surface area contributed by atoms with E-state index in [1.807, 2.05) is 6.07 Å². The van der Waals surface area contributed by atoms with Gasteiger partial charge in [-0.15, -0.1) is 46.2 Å². The molecule has 25 nitrogen and oxygen atoms in total. The molecular formula is C44H49N11O14S4. The average molecular weight is 1080 g/mol. The van der Waals surface area contributed by atoms with Gasteiger partial charge in [0.2, 0.25) is 5.13 Å². The molecule has 4 aliphatic rings. The largest absolute Gasteiger partial charge is 0.543 e. The number of carboxylic acid groups (broad SMARTS) is 4. The van der Waals surface area contributed by atoms with Gasteiger partial charge in [-0.3, -0.25) is 43.6 Å². The third-order valence-electron chi connectivity index (χ3n) is 11.1. The van der Waals surface area contributed by atoms with Gasteiger partial charge in [-0.1, -0.05) is 11.2 Å². The Hall–Kier alpha value is -6.95. The number of pyridine rings is 1. The number of nitrogens with one attached hydrogen (secondary N) is 4. The number of hydrogen-bond acceptors (Lipinski definition) is 21. The number of carbonyl (C=O) groups is 8. The third-order valence-corrected chi connectivity index (χ3v) is 15.3. The van der Waals surface area contributed by atoms with Crippen LogP contribution in [0.5, 0.6) is 0 Å². The molecule has 0 spiro atoms. The second-order valence-corrected chi connectivity index (χ2v) is 22.6. The van der Waals surface area contributed by atoms with E-state index in [4.69, 9.17) is 9.68 Å². The summed E-state index contributed by atoms with van der Waals surface area (Å²) in [7, 11) is 0. The lowest BCUT2D eigenvalue weighted by Gasteiger charge is -2.50. The lowest BCUT2D eigenvalue weighted by atomic mass is 9.94. The van der Waals surface area contributed by atoms with E-state index in [0.717, 1.165) is 32.5 Å². The molecule has 3 aromatic heterocycles. The molecule has 388 valence electrons. The number of thiazole rings is 2. The molecule has 73 heavy (non-hydrogen) atoms. The summed E-state index contributed by atoms with van der Waals surface area (Å²) in [5.74, 6) is -8.25. The maximum absolute atomic E-state index is 13.9. The summed E-state index contributed by atoms with van der Waals surface area (Å²) >= 11 is 4.42. The fourth-order valence-corrected chi connectivity index (χ4v) is 11.1. The smallest absolute Gasteiger partial charge is 0.352 e. The number of anilines is 2. The van der Waals surface area contributed by atoms with Gasteiger partial charge in [0.25, 0.3) is 23.6 Å². The Morgan fingerprint density at radius 2 is 1.33 bits per heavy atom. The number of aromatic nitrogens is 3. The summed E-state index contributed by atoms with van der Waals surface area (Å²) in [6, 6.07) is 3.04. The van der Waals surface area contributed by atoms with Crippen molar-refractivity contribution in [2.75, 3.05) is 35.4 Å². The molecule has 0 unspecified atom stereocenters. The van der Waals surface area contributed by atoms with Gasteiger partial charge in [-0.2, -0.15) is 0 Å². The molecule has 7 N–H and O–H groups in total. The van der Waals surface area contributed by atoms with Gasteiger partial charge in [-0.05, 0) is 54.0 Å². The van der Waals surface area contributed by atoms with Crippen molar-refractivity contribution in [1.29, 1.82) is 0 Å². The molecule has 7 heterocycles. The highest BCUT2D eigenvalue weighted by molar-refractivity contribution is 8.00. The second-order valence-electron chi connectivity index (χ2n) is 18.7. The van der Waals surface area contributed by atoms with E-state index in [2.05, 4.69) is 41.5 Å². The van der Waals surface area contributed by atoms with Crippen LogP contribution in [0, 0.1) is 5.41 Å². The maximum atomic E-state index is 13.9. The van der Waals surface area contributed by atoms with Gasteiger partial charge in [0, 0.05) is 46.5 Å². The number of hydrogen-bond donors (Lipinski definition) is 7. The van der Waals surface area contributed by atoms with Crippen molar-refractivity contribution in [3.63, 3.8) is 0 Å². The topological polar surface area (TPSA) is 348 Å². The summed E-state index contributed by atoms with van der Waals surface area (Å²) in [4.78, 5) is 130. The zero-order valence-corrected chi connectivity index (χ0v) is 43.2. The molecule has 0 bridgehead atoms. The highest BCUT2D eigenvalue weighted by Crippen LogP contribution is 2.42. The molecule has 0 aromatic carbocycles. The minimum Gasteiger partial charge on any atom is -0.543 e. The summed E-state index contributed by atoms with van der Waals surface area (Å²) in [6.07, 6.45) is 3.53. The first-order valence-electron chi connectivity index (χ1n) is 22.0. The molecule has 0 aliphatic carbocycles. The number of β-lactam (4-membered cyclic amide) rings is 2. The fourth-order valence-electron chi connectivity index (χ4n) is 7.08. The van der Waals surface area contributed by atoms with Crippen LogP contribution in [0.2, 0.25) is 0 Å². The predicted molar refractivity (Wildman–Crippen MR) is 263 cm³/mol. The monoisotopic (exact) mass is 1080 g/mol. The highest BCUT2D eigenvalue weighted by atomic mass is 32.2. The molecule has 7 rings (SSSR count). The number of carbonyl (C=O) groups excluding carboxylic acids is 5. The summed E-state index contributed by atoms with van der Waals surface area (Å²) in [5.41, 5.74) is -2.01. The van der Waals surface area contributed by atoms with Crippen molar-refractivity contribution in [2.45, 2.75) is 89.0 Å². The van der Waals surface area contributed by atoms with E-state index in [9.17, 15) is 58.8 Å². The lowest BCUT2D eigenvalue weighted by molar-refractivity contribution is -0.689. The van der Waals surface area contributed by atoms with Crippen molar-refractivity contribution < 1.29 is 73.0 Å². The Kier molecular flexibility index (Phi) is 15.7. The zero-order chi connectivity index (χ0) is 53.3. The molecular weight excluding hydrogens is 1030 g/mol. The number of fused-ring (bicyclic) bond motifs is 2. The molecule has 2 fully saturated rings. The number of carboxylic acids is 4. The number of nitrogens with zero attached hydrogens (tertiary/aromatic N) is 7. The summed E-state index contributed by atoms with van der Waals surface area (Å²) in [6.45, 7) is 10.2. The Morgan fingerprint density at radius 3 is 1.89 bits per heavy atom. The van der Waals surface area contributed by atoms with Gasteiger partial charge < -0.3 is 46.0 Å². The minimum absolute atomic E-state index is 0.0312. The van der Waals surface area contributed by atoms with Crippen LogP contribution in [-0.2, 0) is 54.6 Å². The molecule has 0 saturated carbocycles.